The van der Waals surface area contributed by atoms with Crippen LogP contribution in [0.5, 0.6) is 0 Å². The van der Waals surface area contributed by atoms with Gasteiger partial charge in [-0.05, 0) is 61.0 Å². The zero-order chi connectivity index (χ0) is 24.6. The molecule has 0 unspecified atom stereocenters. The molecule has 0 radical (unpaired) electrons. The van der Waals surface area contributed by atoms with Crippen LogP contribution in [0.1, 0.15) is 50.2 Å². The Kier molecular flexibility index (Phi) is 8.72. The highest BCUT2D eigenvalue weighted by Crippen LogP contribution is 2.51. The minimum absolute atomic E-state index is 0.136. The van der Waals surface area contributed by atoms with E-state index in [-0.39, 0.29) is 6.04 Å². The first-order valence-corrected chi connectivity index (χ1v) is 11.8. The van der Waals surface area contributed by atoms with Gasteiger partial charge in [-0.3, -0.25) is 9.59 Å². The van der Waals surface area contributed by atoms with Gasteiger partial charge >= 0.3 is 6.18 Å². The van der Waals surface area contributed by atoms with E-state index in [1.165, 1.54) is 0 Å². The second-order valence-electron chi connectivity index (χ2n) is 8.68. The number of halogens is 3. The Labute approximate surface area is 198 Å². The number of fused-ring (bicyclic) bond motifs is 3. The van der Waals surface area contributed by atoms with E-state index in [0.29, 0.717) is 19.3 Å². The molecule has 184 valence electrons. The summed E-state index contributed by atoms with van der Waals surface area (Å²) in [5, 5.41) is 8.30. The fourth-order valence-corrected chi connectivity index (χ4v) is 4.83. The summed E-state index contributed by atoms with van der Waals surface area (Å²) in [6.45, 7) is 2.14. The third kappa shape index (κ3) is 5.78. The highest BCUT2D eigenvalue weighted by Gasteiger charge is 2.49. The maximum Gasteiger partial charge on any atom is 0.405 e. The first-order valence-electron chi connectivity index (χ1n) is 11.8. The summed E-state index contributed by atoms with van der Waals surface area (Å²) in [7, 11) is 0. The summed E-state index contributed by atoms with van der Waals surface area (Å²) in [6, 6.07) is 15.1. The van der Waals surface area contributed by atoms with Crippen LogP contribution in [0, 0.1) is 0 Å². The molecule has 1 aliphatic carbocycles. The smallest absolute Gasteiger partial charge is 0.356 e. The van der Waals surface area contributed by atoms with Gasteiger partial charge in [-0.1, -0.05) is 61.9 Å². The normalized spacial score (nSPS) is 14.7. The highest BCUT2D eigenvalue weighted by atomic mass is 19.4. The predicted octanol–water partition coefficient (Wildman–Crippen LogP) is 4.31. The summed E-state index contributed by atoms with van der Waals surface area (Å²) in [6.07, 6.45) is -0.233. The molecule has 5 nitrogen and oxygen atoms in total. The summed E-state index contributed by atoms with van der Waals surface area (Å²) >= 11 is 0. The van der Waals surface area contributed by atoms with E-state index in [9.17, 15) is 22.8 Å². The summed E-state index contributed by atoms with van der Waals surface area (Å²) in [5.41, 5.74) is 2.15. The van der Waals surface area contributed by atoms with Crippen molar-refractivity contribution in [3.05, 3.63) is 59.7 Å². The summed E-state index contributed by atoms with van der Waals surface area (Å²) in [4.78, 5) is 24.0. The van der Waals surface area contributed by atoms with Crippen LogP contribution in [0.3, 0.4) is 0 Å². The standard InChI is InChI=1S/C26H32F3N3O2/c1-2-19(32-18-33)13-16-30-15-8-7-14-25(24(34)31-17-26(27,28)29)22-11-5-3-9-20(22)21-10-4-6-12-23(21)25/h3-6,9-12,18-19,30H,2,7-8,13-17H2,1H3,(H,31,34)(H,32,33)/t19-/m0/s1. The number of benzene rings is 2. The Balaban J connectivity index is 1.72. The number of unbranched alkanes of at least 4 members (excludes halogenated alkanes) is 1. The van der Waals surface area contributed by atoms with E-state index in [2.05, 4.69) is 16.0 Å². The van der Waals surface area contributed by atoms with Gasteiger partial charge in [0.2, 0.25) is 12.3 Å². The topological polar surface area (TPSA) is 70.2 Å². The van der Waals surface area contributed by atoms with E-state index in [4.69, 9.17) is 0 Å². The van der Waals surface area contributed by atoms with Crippen LogP contribution in [-0.4, -0.2) is 44.2 Å². The Hall–Kier alpha value is -2.87. The van der Waals surface area contributed by atoms with E-state index in [1.807, 2.05) is 55.5 Å². The molecular weight excluding hydrogens is 443 g/mol. The van der Waals surface area contributed by atoms with Gasteiger partial charge in [0.1, 0.15) is 12.0 Å². The minimum atomic E-state index is -4.48. The zero-order valence-corrected chi connectivity index (χ0v) is 19.4. The molecule has 0 heterocycles. The van der Waals surface area contributed by atoms with Crippen LogP contribution in [0.2, 0.25) is 0 Å². The average molecular weight is 476 g/mol. The highest BCUT2D eigenvalue weighted by molar-refractivity contribution is 6.00. The lowest BCUT2D eigenvalue weighted by molar-refractivity contribution is -0.141. The second-order valence-corrected chi connectivity index (χ2v) is 8.68. The monoisotopic (exact) mass is 475 g/mol. The Morgan fingerprint density at radius 3 is 2.18 bits per heavy atom. The van der Waals surface area contributed by atoms with Crippen LogP contribution >= 0.6 is 0 Å². The maximum atomic E-state index is 13.4. The number of nitrogens with one attached hydrogen (secondary N) is 3. The van der Waals surface area contributed by atoms with Crippen molar-refractivity contribution in [1.29, 1.82) is 0 Å². The summed E-state index contributed by atoms with van der Waals surface area (Å²) in [5.74, 6) is -0.610. The molecule has 2 aromatic rings. The zero-order valence-electron chi connectivity index (χ0n) is 19.4. The molecule has 8 heteroatoms. The van der Waals surface area contributed by atoms with Gasteiger partial charge in [0, 0.05) is 6.04 Å². The van der Waals surface area contributed by atoms with Gasteiger partial charge in [0.15, 0.2) is 0 Å². The first kappa shape index (κ1) is 25.7. The van der Waals surface area contributed by atoms with Gasteiger partial charge in [-0.15, -0.1) is 0 Å². The van der Waals surface area contributed by atoms with Gasteiger partial charge in [0.05, 0.1) is 0 Å². The molecule has 0 bridgehead atoms. The molecule has 0 aliphatic heterocycles. The second kappa shape index (κ2) is 11.5. The van der Waals surface area contributed by atoms with Crippen molar-refractivity contribution in [1.82, 2.24) is 16.0 Å². The van der Waals surface area contributed by atoms with Crippen LogP contribution in [0.25, 0.3) is 11.1 Å². The van der Waals surface area contributed by atoms with Crippen molar-refractivity contribution in [2.75, 3.05) is 19.6 Å². The first-order chi connectivity index (χ1) is 16.3. The number of carbonyl (C=O) groups excluding carboxylic acids is 2. The lowest BCUT2D eigenvalue weighted by Crippen LogP contribution is -2.47. The molecule has 0 spiro atoms. The molecule has 0 saturated carbocycles. The molecule has 3 rings (SSSR count). The van der Waals surface area contributed by atoms with Gasteiger partial charge < -0.3 is 16.0 Å². The Morgan fingerprint density at radius 1 is 1.00 bits per heavy atom. The Bertz CT molecular complexity index is 932. The molecule has 0 fully saturated rings. The number of carbonyl (C=O) groups is 2. The number of rotatable bonds is 13. The van der Waals surface area contributed by atoms with Crippen molar-refractivity contribution >= 4 is 12.3 Å². The van der Waals surface area contributed by atoms with Crippen molar-refractivity contribution in [3.63, 3.8) is 0 Å². The fraction of sp³-hybridized carbons (Fsp3) is 0.462. The van der Waals surface area contributed by atoms with Gasteiger partial charge in [-0.25, -0.2) is 0 Å². The molecule has 1 aliphatic rings. The molecule has 0 aromatic heterocycles. The summed E-state index contributed by atoms with van der Waals surface area (Å²) < 4.78 is 38.8. The molecule has 2 amide bonds. The number of alkyl halides is 3. The lowest BCUT2D eigenvalue weighted by atomic mass is 9.73. The average Bonchev–Trinajstić information content (AvgIpc) is 3.12. The maximum absolute atomic E-state index is 13.4. The Morgan fingerprint density at radius 2 is 1.62 bits per heavy atom. The van der Waals surface area contributed by atoms with Crippen LogP contribution < -0.4 is 16.0 Å². The molecule has 2 aromatic carbocycles. The van der Waals surface area contributed by atoms with Crippen molar-refractivity contribution < 1.29 is 22.8 Å². The van der Waals surface area contributed by atoms with E-state index < -0.39 is 24.0 Å². The third-order valence-corrected chi connectivity index (χ3v) is 6.52. The minimum Gasteiger partial charge on any atom is -0.356 e. The number of hydrogen-bond acceptors (Lipinski definition) is 3. The van der Waals surface area contributed by atoms with Crippen LogP contribution in [0.4, 0.5) is 13.2 Å². The van der Waals surface area contributed by atoms with Gasteiger partial charge in [-0.2, -0.15) is 13.2 Å². The van der Waals surface area contributed by atoms with Gasteiger partial charge in [0.25, 0.3) is 0 Å². The van der Waals surface area contributed by atoms with Crippen molar-refractivity contribution in [3.8, 4) is 11.1 Å². The van der Waals surface area contributed by atoms with Crippen molar-refractivity contribution in [2.45, 2.75) is 56.7 Å². The van der Waals surface area contributed by atoms with E-state index in [0.717, 1.165) is 54.6 Å². The fourth-order valence-electron chi connectivity index (χ4n) is 4.83. The van der Waals surface area contributed by atoms with Crippen LogP contribution in [0.15, 0.2) is 48.5 Å². The lowest BCUT2D eigenvalue weighted by Gasteiger charge is -2.31. The number of hydrogen-bond donors (Lipinski definition) is 3. The molecular formula is C26H32F3N3O2. The van der Waals surface area contributed by atoms with E-state index >= 15 is 0 Å². The van der Waals surface area contributed by atoms with Crippen molar-refractivity contribution in [2.24, 2.45) is 0 Å². The number of amides is 2. The molecule has 0 saturated heterocycles. The largest absolute Gasteiger partial charge is 0.405 e. The molecule has 1 atom stereocenters. The molecule has 34 heavy (non-hydrogen) atoms. The molecule has 3 N–H and O–H groups in total. The third-order valence-electron chi connectivity index (χ3n) is 6.52. The SMILES string of the molecule is CC[C@@H](CCNCCCCC1(C(=O)NCC(F)(F)F)c2ccccc2-c2ccccc21)NC=O. The van der Waals surface area contributed by atoms with E-state index in [1.54, 1.807) is 0 Å². The quantitative estimate of drug-likeness (QED) is 0.299. The van der Waals surface area contributed by atoms with Crippen LogP contribution in [-0.2, 0) is 15.0 Å². The predicted molar refractivity (Wildman–Crippen MR) is 126 cm³/mol.